The fourth-order valence-corrected chi connectivity index (χ4v) is 3.88. The van der Waals surface area contributed by atoms with E-state index in [0.717, 1.165) is 0 Å². The highest BCUT2D eigenvalue weighted by molar-refractivity contribution is 6.30. The summed E-state index contributed by atoms with van der Waals surface area (Å²) in [6, 6.07) is 18.8. The van der Waals surface area contributed by atoms with Gasteiger partial charge in [-0.2, -0.15) is 0 Å². The zero-order valence-electron chi connectivity index (χ0n) is 18.0. The van der Waals surface area contributed by atoms with Crippen LogP contribution in [0.15, 0.2) is 72.9 Å². The van der Waals surface area contributed by atoms with Crippen LogP contribution in [0.1, 0.15) is 43.7 Å². The Bertz CT molecular complexity index is 1360. The topological polar surface area (TPSA) is 74.1 Å². The number of aromatic nitrogens is 1. The molecule has 0 unspecified atom stereocenters. The van der Waals surface area contributed by atoms with Crippen molar-refractivity contribution in [2.45, 2.75) is 6.92 Å². The molecule has 0 N–H and O–H groups in total. The second-order valence-electron chi connectivity index (χ2n) is 7.19. The van der Waals surface area contributed by atoms with Crippen LogP contribution >= 0.6 is 11.6 Å². The second kappa shape index (κ2) is 9.30. The van der Waals surface area contributed by atoms with Gasteiger partial charge in [-0.25, -0.2) is 9.59 Å². The average Bonchev–Trinajstić information content (AvgIpc) is 3.18. The zero-order valence-corrected chi connectivity index (χ0v) is 18.8. The van der Waals surface area contributed by atoms with Crippen LogP contribution in [-0.4, -0.2) is 35.8 Å². The van der Waals surface area contributed by atoms with E-state index in [1.807, 2.05) is 30.3 Å². The lowest BCUT2D eigenvalue weighted by molar-refractivity contribution is 0.0528. The summed E-state index contributed by atoms with van der Waals surface area (Å²) in [7, 11) is 1.28. The largest absolute Gasteiger partial charge is 0.465 e. The monoisotopic (exact) mass is 461 g/mol. The van der Waals surface area contributed by atoms with Gasteiger partial charge in [-0.1, -0.05) is 41.9 Å². The van der Waals surface area contributed by atoms with Crippen LogP contribution in [0.4, 0.5) is 0 Å². The fourth-order valence-electron chi connectivity index (χ4n) is 3.75. The molecule has 0 aliphatic carbocycles. The van der Waals surface area contributed by atoms with Crippen LogP contribution < -0.4 is 0 Å². The minimum Gasteiger partial charge on any atom is -0.465 e. The van der Waals surface area contributed by atoms with Gasteiger partial charge in [-0.05, 0) is 48.9 Å². The standard InChI is InChI=1S/C26H20ClNO5/c1-3-33-26(31)22-20-14-11-18(25(30)32-2)15-28(20)23(21(22)16-7-5-4-6-8-16)24(29)17-9-12-19(27)13-10-17/h4-15H,3H2,1-2H3. The maximum absolute atomic E-state index is 13.8. The number of carbonyl (C=O) groups excluding carboxylic acids is 3. The quantitative estimate of drug-likeness (QED) is 0.282. The van der Waals surface area contributed by atoms with Crippen LogP contribution in [0.2, 0.25) is 5.02 Å². The molecule has 2 aromatic carbocycles. The molecular weight excluding hydrogens is 442 g/mol. The Hall–Kier alpha value is -3.90. The molecule has 2 heterocycles. The molecule has 0 bridgehead atoms. The van der Waals surface area contributed by atoms with Crippen molar-refractivity contribution in [2.75, 3.05) is 13.7 Å². The van der Waals surface area contributed by atoms with E-state index < -0.39 is 11.9 Å². The normalized spacial score (nSPS) is 10.8. The molecule has 0 aliphatic heterocycles. The molecule has 0 saturated carbocycles. The summed E-state index contributed by atoms with van der Waals surface area (Å²) in [5.74, 6) is -1.46. The molecule has 166 valence electrons. The van der Waals surface area contributed by atoms with Gasteiger partial charge in [0.25, 0.3) is 0 Å². The molecule has 7 heteroatoms. The first-order valence-electron chi connectivity index (χ1n) is 10.3. The molecule has 4 aromatic rings. The number of pyridine rings is 1. The van der Waals surface area contributed by atoms with Gasteiger partial charge in [0.15, 0.2) is 0 Å². The third kappa shape index (κ3) is 4.13. The lowest BCUT2D eigenvalue weighted by Gasteiger charge is -2.09. The first kappa shape index (κ1) is 22.3. The maximum Gasteiger partial charge on any atom is 0.340 e. The Balaban J connectivity index is 2.11. The molecule has 6 nitrogen and oxygen atoms in total. The first-order chi connectivity index (χ1) is 16.0. The van der Waals surface area contributed by atoms with Crippen molar-refractivity contribution in [3.8, 4) is 11.1 Å². The van der Waals surface area contributed by atoms with Gasteiger partial charge in [0.1, 0.15) is 5.69 Å². The number of hydrogen-bond acceptors (Lipinski definition) is 5. The summed E-state index contributed by atoms with van der Waals surface area (Å²) in [6.45, 7) is 1.89. The van der Waals surface area contributed by atoms with Crippen molar-refractivity contribution in [3.63, 3.8) is 0 Å². The first-order valence-corrected chi connectivity index (χ1v) is 10.6. The highest BCUT2D eigenvalue weighted by Crippen LogP contribution is 2.36. The molecule has 2 aromatic heterocycles. The highest BCUT2D eigenvalue weighted by Gasteiger charge is 2.30. The Morgan fingerprint density at radius 1 is 0.879 bits per heavy atom. The third-order valence-corrected chi connectivity index (χ3v) is 5.47. The van der Waals surface area contributed by atoms with Crippen LogP contribution in [0, 0.1) is 0 Å². The summed E-state index contributed by atoms with van der Waals surface area (Å²) in [5.41, 5.74) is 2.63. The van der Waals surface area contributed by atoms with E-state index in [9.17, 15) is 14.4 Å². The van der Waals surface area contributed by atoms with E-state index in [-0.39, 0.29) is 29.2 Å². The number of fused-ring (bicyclic) bond motifs is 1. The maximum atomic E-state index is 13.8. The second-order valence-corrected chi connectivity index (χ2v) is 7.62. The summed E-state index contributed by atoms with van der Waals surface area (Å²) < 4.78 is 11.7. The summed E-state index contributed by atoms with van der Waals surface area (Å²) >= 11 is 6.01. The number of rotatable bonds is 6. The van der Waals surface area contributed by atoms with E-state index in [1.165, 1.54) is 13.3 Å². The lowest BCUT2D eigenvalue weighted by atomic mass is 9.96. The zero-order chi connectivity index (χ0) is 23.5. The van der Waals surface area contributed by atoms with Crippen molar-refractivity contribution < 1.29 is 23.9 Å². The van der Waals surface area contributed by atoms with Crippen molar-refractivity contribution in [3.05, 3.63) is 100 Å². The Kier molecular flexibility index (Phi) is 6.29. The van der Waals surface area contributed by atoms with Gasteiger partial charge in [0.05, 0.1) is 30.4 Å². The minimum atomic E-state index is -0.561. The molecule has 4 rings (SSSR count). The van der Waals surface area contributed by atoms with E-state index in [2.05, 4.69) is 0 Å². The SMILES string of the molecule is CCOC(=O)c1c(-c2ccccc2)c(C(=O)c2ccc(Cl)cc2)n2cc(C(=O)OC)ccc12. The molecule has 0 aliphatic rings. The molecule has 0 amide bonds. The van der Waals surface area contributed by atoms with Gasteiger partial charge in [0.2, 0.25) is 5.78 Å². The summed E-state index contributed by atoms with van der Waals surface area (Å²) in [4.78, 5) is 39.1. The van der Waals surface area contributed by atoms with Gasteiger partial charge < -0.3 is 13.9 Å². The molecule has 0 radical (unpaired) electrons. The number of carbonyl (C=O) groups is 3. The number of halogens is 1. The molecule has 0 saturated heterocycles. The van der Waals surface area contributed by atoms with Crippen LogP contribution in [-0.2, 0) is 9.47 Å². The molecule has 0 spiro atoms. The van der Waals surface area contributed by atoms with E-state index >= 15 is 0 Å². The summed E-state index contributed by atoms with van der Waals surface area (Å²) in [5, 5.41) is 0.495. The Morgan fingerprint density at radius 3 is 2.18 bits per heavy atom. The van der Waals surface area contributed by atoms with Crippen LogP contribution in [0.3, 0.4) is 0 Å². The predicted molar refractivity (Wildman–Crippen MR) is 125 cm³/mol. The van der Waals surface area contributed by atoms with E-state index in [1.54, 1.807) is 47.7 Å². The Labute approximate surface area is 195 Å². The van der Waals surface area contributed by atoms with Gasteiger partial charge in [-0.15, -0.1) is 0 Å². The molecule has 0 atom stereocenters. The van der Waals surface area contributed by atoms with Crippen LogP contribution in [0.25, 0.3) is 16.6 Å². The predicted octanol–water partition coefficient (Wildman–Crippen LogP) is 5.45. The summed E-state index contributed by atoms with van der Waals surface area (Å²) in [6.07, 6.45) is 1.50. The number of ketones is 1. The van der Waals surface area contributed by atoms with E-state index in [0.29, 0.717) is 27.2 Å². The smallest absolute Gasteiger partial charge is 0.340 e. The van der Waals surface area contributed by atoms with Crippen molar-refractivity contribution in [2.24, 2.45) is 0 Å². The molecular formula is C26H20ClNO5. The van der Waals surface area contributed by atoms with Crippen molar-refractivity contribution in [1.29, 1.82) is 0 Å². The van der Waals surface area contributed by atoms with Gasteiger partial charge >= 0.3 is 11.9 Å². The number of benzene rings is 2. The highest BCUT2D eigenvalue weighted by atomic mass is 35.5. The molecule has 0 fully saturated rings. The number of methoxy groups -OCH3 is 1. The molecule has 33 heavy (non-hydrogen) atoms. The number of ether oxygens (including phenoxy) is 2. The minimum absolute atomic E-state index is 0.172. The number of esters is 2. The van der Waals surface area contributed by atoms with Crippen LogP contribution in [0.5, 0.6) is 0 Å². The number of nitrogens with zero attached hydrogens (tertiary/aromatic N) is 1. The van der Waals surface area contributed by atoms with E-state index in [4.69, 9.17) is 21.1 Å². The number of hydrogen-bond donors (Lipinski definition) is 0. The fraction of sp³-hybridized carbons (Fsp3) is 0.115. The third-order valence-electron chi connectivity index (χ3n) is 5.22. The Morgan fingerprint density at radius 2 is 1.55 bits per heavy atom. The average molecular weight is 462 g/mol. The van der Waals surface area contributed by atoms with Gasteiger partial charge in [-0.3, -0.25) is 4.79 Å². The van der Waals surface area contributed by atoms with Crippen molar-refractivity contribution in [1.82, 2.24) is 4.40 Å². The lowest BCUT2D eigenvalue weighted by Crippen LogP contribution is -2.09. The van der Waals surface area contributed by atoms with Gasteiger partial charge in [0, 0.05) is 22.3 Å². The van der Waals surface area contributed by atoms with Crippen molar-refractivity contribution >= 4 is 34.8 Å².